The predicted molar refractivity (Wildman–Crippen MR) is 63.6 cm³/mol. The van der Waals surface area contributed by atoms with E-state index in [2.05, 4.69) is 5.32 Å². The van der Waals surface area contributed by atoms with Crippen molar-refractivity contribution in [3.63, 3.8) is 0 Å². The van der Waals surface area contributed by atoms with Crippen LogP contribution < -0.4 is 5.32 Å². The second-order valence-corrected chi connectivity index (χ2v) is 4.51. The average Bonchev–Trinajstić information content (AvgIpc) is 2.79. The molecule has 1 aromatic rings. The minimum absolute atomic E-state index is 0.0446. The lowest BCUT2D eigenvalue weighted by Gasteiger charge is -2.15. The molecule has 1 heterocycles. The maximum Gasteiger partial charge on any atom is 0.307 e. The number of carbonyl (C=O) groups is 1. The topological polar surface area (TPSA) is 58.6 Å². The van der Waals surface area contributed by atoms with Gasteiger partial charge in [0, 0.05) is 19.7 Å². The van der Waals surface area contributed by atoms with E-state index >= 15 is 0 Å². The minimum Gasteiger partial charge on any atom is -0.481 e. The van der Waals surface area contributed by atoms with Gasteiger partial charge in [-0.2, -0.15) is 0 Å². The van der Waals surface area contributed by atoms with Crippen molar-refractivity contribution in [1.29, 1.82) is 0 Å². The number of hydrogen-bond donors (Lipinski definition) is 2. The fourth-order valence-electron chi connectivity index (χ4n) is 2.36. The zero-order valence-electron chi connectivity index (χ0n) is 10.1. The van der Waals surface area contributed by atoms with Crippen molar-refractivity contribution in [2.75, 3.05) is 13.7 Å². The molecule has 5 heteroatoms. The number of carboxylic acid groups (broad SMARTS) is 1. The summed E-state index contributed by atoms with van der Waals surface area (Å²) < 4.78 is 18.2. The maximum absolute atomic E-state index is 13.2. The summed E-state index contributed by atoms with van der Waals surface area (Å²) in [7, 11) is 1.55. The van der Waals surface area contributed by atoms with Gasteiger partial charge < -0.3 is 15.2 Å². The van der Waals surface area contributed by atoms with Crippen molar-refractivity contribution in [1.82, 2.24) is 5.32 Å². The second kappa shape index (κ2) is 5.46. The van der Waals surface area contributed by atoms with Crippen molar-refractivity contribution in [3.05, 3.63) is 35.1 Å². The highest BCUT2D eigenvalue weighted by atomic mass is 19.1. The van der Waals surface area contributed by atoms with E-state index in [4.69, 9.17) is 9.84 Å². The molecule has 1 aromatic carbocycles. The second-order valence-electron chi connectivity index (χ2n) is 4.51. The van der Waals surface area contributed by atoms with E-state index in [9.17, 15) is 9.18 Å². The van der Waals surface area contributed by atoms with Crippen molar-refractivity contribution in [3.8, 4) is 0 Å². The molecule has 0 aliphatic carbocycles. The molecule has 98 valence electrons. The molecule has 0 bridgehead atoms. The molecule has 1 saturated heterocycles. The highest BCUT2D eigenvalue weighted by molar-refractivity contribution is 5.70. The average molecular weight is 253 g/mol. The van der Waals surface area contributed by atoms with Crippen LogP contribution in [0.4, 0.5) is 4.39 Å². The Morgan fingerprint density at radius 2 is 2.39 bits per heavy atom. The third-order valence-electron chi connectivity index (χ3n) is 3.26. The molecule has 2 N–H and O–H groups in total. The van der Waals surface area contributed by atoms with Crippen molar-refractivity contribution in [2.45, 2.75) is 19.1 Å². The summed E-state index contributed by atoms with van der Waals surface area (Å²) >= 11 is 0. The normalized spacial score (nSPS) is 23.2. The molecule has 0 radical (unpaired) electrons. The molecule has 0 spiro atoms. The molecule has 0 aromatic heterocycles. The molecular weight excluding hydrogens is 237 g/mol. The number of halogens is 1. The molecule has 18 heavy (non-hydrogen) atoms. The van der Waals surface area contributed by atoms with Crippen LogP contribution in [0.25, 0.3) is 0 Å². The third kappa shape index (κ3) is 2.68. The fraction of sp³-hybridized carbons (Fsp3) is 0.462. The van der Waals surface area contributed by atoms with Gasteiger partial charge >= 0.3 is 5.97 Å². The van der Waals surface area contributed by atoms with Gasteiger partial charge in [0.15, 0.2) is 0 Å². The SMILES string of the molecule is COCc1cc(F)ccc1C1CC(C(=O)O)CN1. The molecule has 0 saturated carbocycles. The summed E-state index contributed by atoms with van der Waals surface area (Å²) in [4.78, 5) is 10.9. The molecule has 1 aliphatic rings. The Hall–Kier alpha value is -1.46. The van der Waals surface area contributed by atoms with Crippen LogP contribution in [0.2, 0.25) is 0 Å². The molecular formula is C13H16FNO3. The summed E-state index contributed by atoms with van der Waals surface area (Å²) in [5.41, 5.74) is 1.68. The van der Waals surface area contributed by atoms with E-state index in [1.165, 1.54) is 12.1 Å². The summed E-state index contributed by atoms with van der Waals surface area (Å²) in [6, 6.07) is 4.49. The van der Waals surface area contributed by atoms with Gasteiger partial charge in [0.05, 0.1) is 12.5 Å². The van der Waals surface area contributed by atoms with Crippen LogP contribution >= 0.6 is 0 Å². The van der Waals surface area contributed by atoms with Gasteiger partial charge in [-0.1, -0.05) is 6.07 Å². The van der Waals surface area contributed by atoms with Crippen LogP contribution in [0.15, 0.2) is 18.2 Å². The molecule has 4 nitrogen and oxygen atoms in total. The third-order valence-corrected chi connectivity index (χ3v) is 3.26. The first-order valence-corrected chi connectivity index (χ1v) is 5.85. The lowest BCUT2D eigenvalue weighted by molar-refractivity contribution is -0.141. The van der Waals surface area contributed by atoms with Gasteiger partial charge in [-0.15, -0.1) is 0 Å². The van der Waals surface area contributed by atoms with Crippen LogP contribution in [-0.2, 0) is 16.1 Å². The standard InChI is InChI=1S/C13H16FNO3/c1-18-7-9-4-10(14)2-3-11(9)12-5-8(6-15-12)13(16)17/h2-4,8,12,15H,5-7H2,1H3,(H,16,17). The summed E-state index contributed by atoms with van der Waals surface area (Å²) in [5.74, 6) is -1.48. The molecule has 1 fully saturated rings. The van der Waals surface area contributed by atoms with Crippen LogP contribution in [0.3, 0.4) is 0 Å². The zero-order chi connectivity index (χ0) is 13.1. The predicted octanol–water partition coefficient (Wildman–Crippen LogP) is 1.71. The number of benzene rings is 1. The quantitative estimate of drug-likeness (QED) is 0.857. The van der Waals surface area contributed by atoms with Gasteiger partial charge in [0.25, 0.3) is 0 Å². The highest BCUT2D eigenvalue weighted by Gasteiger charge is 2.31. The van der Waals surface area contributed by atoms with Gasteiger partial charge in [-0.25, -0.2) is 4.39 Å². The smallest absolute Gasteiger partial charge is 0.307 e. The number of ether oxygens (including phenoxy) is 1. The Kier molecular flexibility index (Phi) is 3.93. The van der Waals surface area contributed by atoms with Gasteiger partial charge in [0.1, 0.15) is 5.82 Å². The molecule has 2 atom stereocenters. The Labute approximate surface area is 105 Å². The number of rotatable bonds is 4. The largest absolute Gasteiger partial charge is 0.481 e. The highest BCUT2D eigenvalue weighted by Crippen LogP contribution is 2.30. The van der Waals surface area contributed by atoms with Gasteiger partial charge in [-0.05, 0) is 29.7 Å². The number of hydrogen-bond acceptors (Lipinski definition) is 3. The lowest BCUT2D eigenvalue weighted by atomic mass is 9.96. The number of nitrogens with one attached hydrogen (secondary N) is 1. The number of carboxylic acids is 1. The first kappa shape index (κ1) is 13.0. The Bertz CT molecular complexity index is 450. The van der Waals surface area contributed by atoms with Gasteiger partial charge in [0.2, 0.25) is 0 Å². The van der Waals surface area contributed by atoms with Crippen molar-refractivity contribution < 1.29 is 19.0 Å². The first-order valence-electron chi connectivity index (χ1n) is 5.85. The number of methoxy groups -OCH3 is 1. The van der Waals surface area contributed by atoms with E-state index in [1.54, 1.807) is 13.2 Å². The Morgan fingerprint density at radius 1 is 1.61 bits per heavy atom. The maximum atomic E-state index is 13.2. The van der Waals surface area contributed by atoms with Gasteiger partial charge in [-0.3, -0.25) is 4.79 Å². The van der Waals surface area contributed by atoms with Crippen LogP contribution in [0, 0.1) is 11.7 Å². The van der Waals surface area contributed by atoms with E-state index in [0.717, 1.165) is 11.1 Å². The fourth-order valence-corrected chi connectivity index (χ4v) is 2.36. The van der Waals surface area contributed by atoms with Crippen LogP contribution in [0.1, 0.15) is 23.6 Å². The summed E-state index contributed by atoms with van der Waals surface area (Å²) in [6.07, 6.45) is 0.525. The zero-order valence-corrected chi connectivity index (χ0v) is 10.1. The van der Waals surface area contributed by atoms with Crippen LogP contribution in [-0.4, -0.2) is 24.7 Å². The monoisotopic (exact) mass is 253 g/mol. The summed E-state index contributed by atoms with van der Waals surface area (Å²) in [5, 5.41) is 12.1. The Balaban J connectivity index is 2.20. The van der Waals surface area contributed by atoms with Crippen molar-refractivity contribution in [2.24, 2.45) is 5.92 Å². The Morgan fingerprint density at radius 3 is 3.00 bits per heavy atom. The molecule has 1 aliphatic heterocycles. The lowest BCUT2D eigenvalue weighted by Crippen LogP contribution is -2.18. The molecule has 2 unspecified atom stereocenters. The van der Waals surface area contributed by atoms with E-state index in [-0.39, 0.29) is 17.8 Å². The molecule has 2 rings (SSSR count). The summed E-state index contributed by atoms with van der Waals surface area (Å²) in [6.45, 7) is 0.771. The first-order chi connectivity index (χ1) is 8.61. The van der Waals surface area contributed by atoms with E-state index in [1.807, 2.05) is 0 Å². The van der Waals surface area contributed by atoms with Crippen molar-refractivity contribution >= 4 is 5.97 Å². The van der Waals surface area contributed by atoms with Crippen LogP contribution in [0.5, 0.6) is 0 Å². The van der Waals surface area contributed by atoms with E-state index < -0.39 is 5.97 Å². The molecule has 0 amide bonds. The number of aliphatic carboxylic acids is 1. The van der Waals surface area contributed by atoms with E-state index in [0.29, 0.717) is 19.6 Å². The minimum atomic E-state index is -0.791.